The van der Waals surface area contributed by atoms with Crippen LogP contribution in [0.4, 0.5) is 0 Å². The Morgan fingerprint density at radius 2 is 2.09 bits per heavy atom. The molecular formula is C6H13O4P. The maximum atomic E-state index is 11.1. The van der Waals surface area contributed by atoms with E-state index in [1.54, 1.807) is 6.92 Å². The second-order valence-corrected chi connectivity index (χ2v) is 5.54. The van der Waals surface area contributed by atoms with Gasteiger partial charge in [-0.3, -0.25) is 9.36 Å². The predicted molar refractivity (Wildman–Crippen MR) is 42.1 cm³/mol. The summed E-state index contributed by atoms with van der Waals surface area (Å²) in [5.74, 6) is -1.03. The molecule has 0 heterocycles. The van der Waals surface area contributed by atoms with Gasteiger partial charge in [0.1, 0.15) is 0 Å². The van der Waals surface area contributed by atoms with E-state index in [0.717, 1.165) is 0 Å². The van der Waals surface area contributed by atoms with Crippen LogP contribution in [0, 0.1) is 0 Å². The monoisotopic (exact) mass is 180 g/mol. The molecule has 0 aromatic heterocycles. The van der Waals surface area contributed by atoms with Crippen molar-refractivity contribution in [2.45, 2.75) is 25.9 Å². The average Bonchev–Trinajstić information content (AvgIpc) is 1.86. The van der Waals surface area contributed by atoms with Gasteiger partial charge in [-0.05, 0) is 0 Å². The molecule has 2 unspecified atom stereocenters. The van der Waals surface area contributed by atoms with Gasteiger partial charge in [0, 0.05) is 11.8 Å². The van der Waals surface area contributed by atoms with Gasteiger partial charge in [-0.15, -0.1) is 0 Å². The van der Waals surface area contributed by atoms with Gasteiger partial charge < -0.3 is 10.00 Å². The first-order valence-electron chi connectivity index (χ1n) is 3.43. The van der Waals surface area contributed by atoms with Crippen LogP contribution in [0.15, 0.2) is 0 Å². The second kappa shape index (κ2) is 3.88. The first kappa shape index (κ1) is 10.7. The molecule has 0 aromatic carbocycles. The quantitative estimate of drug-likeness (QED) is 0.636. The van der Waals surface area contributed by atoms with Gasteiger partial charge in [0.25, 0.3) is 0 Å². The molecule has 66 valence electrons. The third-order valence-corrected chi connectivity index (χ3v) is 4.08. The van der Waals surface area contributed by atoms with Crippen LogP contribution in [-0.2, 0) is 9.36 Å². The van der Waals surface area contributed by atoms with Crippen molar-refractivity contribution in [1.29, 1.82) is 0 Å². The topological polar surface area (TPSA) is 74.6 Å². The Balaban J connectivity index is 4.13. The third-order valence-electron chi connectivity index (χ3n) is 1.61. The van der Waals surface area contributed by atoms with Crippen molar-refractivity contribution in [1.82, 2.24) is 0 Å². The molecular weight excluding hydrogens is 167 g/mol. The van der Waals surface area contributed by atoms with Crippen LogP contribution >= 0.6 is 7.37 Å². The summed E-state index contributed by atoms with van der Waals surface area (Å²) in [6.45, 7) is 3.07. The number of rotatable bonds is 4. The minimum absolute atomic E-state index is 0.140. The number of hydrogen-bond donors (Lipinski definition) is 2. The Hall–Kier alpha value is -0.340. The summed E-state index contributed by atoms with van der Waals surface area (Å²) in [4.78, 5) is 19.3. The van der Waals surface area contributed by atoms with Crippen LogP contribution in [0.2, 0.25) is 0 Å². The summed E-state index contributed by atoms with van der Waals surface area (Å²) in [6, 6.07) is 0. The van der Waals surface area contributed by atoms with E-state index >= 15 is 0 Å². The summed E-state index contributed by atoms with van der Waals surface area (Å²) < 4.78 is 11.1. The van der Waals surface area contributed by atoms with Gasteiger partial charge in [-0.1, -0.05) is 13.8 Å². The zero-order valence-electron chi connectivity index (χ0n) is 6.65. The molecule has 0 radical (unpaired) electrons. The van der Waals surface area contributed by atoms with Gasteiger partial charge in [-0.25, -0.2) is 0 Å². The molecule has 0 spiro atoms. The van der Waals surface area contributed by atoms with Crippen LogP contribution in [0.5, 0.6) is 0 Å². The minimum Gasteiger partial charge on any atom is -0.481 e. The third kappa shape index (κ3) is 3.54. The molecule has 0 amide bonds. The van der Waals surface area contributed by atoms with Crippen LogP contribution in [0.1, 0.15) is 20.3 Å². The summed E-state index contributed by atoms with van der Waals surface area (Å²) in [5.41, 5.74) is -0.634. The molecule has 0 fully saturated rings. The zero-order chi connectivity index (χ0) is 9.07. The Kier molecular flexibility index (Phi) is 3.76. The lowest BCUT2D eigenvalue weighted by Gasteiger charge is -2.14. The molecule has 5 heteroatoms. The van der Waals surface area contributed by atoms with Gasteiger partial charge in [0.15, 0.2) is 0 Å². The molecule has 0 aliphatic carbocycles. The lowest BCUT2D eigenvalue weighted by atomic mass is 10.3. The van der Waals surface area contributed by atoms with Crippen molar-refractivity contribution in [2.24, 2.45) is 0 Å². The molecule has 0 saturated carbocycles. The predicted octanol–water partition coefficient (Wildman–Crippen LogP) is 1.14. The summed E-state index contributed by atoms with van der Waals surface area (Å²) in [6.07, 6.45) is -0.0942. The van der Waals surface area contributed by atoms with Crippen molar-refractivity contribution in [3.05, 3.63) is 0 Å². The van der Waals surface area contributed by atoms with Gasteiger partial charge >= 0.3 is 5.97 Å². The number of carbonyl (C=O) groups is 1. The van der Waals surface area contributed by atoms with Gasteiger partial charge in [-0.2, -0.15) is 0 Å². The molecule has 0 rings (SSSR count). The van der Waals surface area contributed by atoms with E-state index in [0.29, 0.717) is 0 Å². The van der Waals surface area contributed by atoms with E-state index in [-0.39, 0.29) is 12.6 Å². The normalized spacial score (nSPS) is 18.8. The fourth-order valence-corrected chi connectivity index (χ4v) is 1.77. The van der Waals surface area contributed by atoms with Crippen LogP contribution in [-0.4, -0.2) is 27.8 Å². The molecule has 4 nitrogen and oxygen atoms in total. The van der Waals surface area contributed by atoms with E-state index in [2.05, 4.69) is 0 Å². The standard InChI is InChI=1S/C6H13O4P/c1-3-11(9,10)5(2)4-6(7)8/h5H,3-4H2,1-2H3,(H,7,8)(H,9,10). The Labute approximate surface area is 65.7 Å². The second-order valence-electron chi connectivity index (χ2n) is 2.52. The largest absolute Gasteiger partial charge is 0.481 e. The zero-order valence-corrected chi connectivity index (χ0v) is 7.54. The number of carboxylic acids is 1. The van der Waals surface area contributed by atoms with Crippen LogP contribution in [0.3, 0.4) is 0 Å². The van der Waals surface area contributed by atoms with Crippen molar-refractivity contribution in [3.8, 4) is 0 Å². The first-order chi connectivity index (χ1) is 4.90. The fraction of sp³-hybridized carbons (Fsp3) is 0.833. The summed E-state index contributed by atoms with van der Waals surface area (Å²) in [7, 11) is -3.20. The lowest BCUT2D eigenvalue weighted by Crippen LogP contribution is -2.11. The molecule has 0 aliphatic heterocycles. The first-order valence-corrected chi connectivity index (χ1v) is 5.34. The van der Waals surface area contributed by atoms with E-state index in [1.807, 2.05) is 0 Å². The van der Waals surface area contributed by atoms with E-state index in [9.17, 15) is 9.36 Å². The Bertz CT molecular complexity index is 189. The van der Waals surface area contributed by atoms with Crippen molar-refractivity contribution in [2.75, 3.05) is 6.16 Å². The van der Waals surface area contributed by atoms with Gasteiger partial charge in [0.05, 0.1) is 6.42 Å². The molecule has 0 aromatic rings. The Morgan fingerprint density at radius 1 is 1.64 bits per heavy atom. The van der Waals surface area contributed by atoms with E-state index in [4.69, 9.17) is 10.00 Å². The maximum absolute atomic E-state index is 11.1. The Morgan fingerprint density at radius 3 is 2.36 bits per heavy atom. The lowest BCUT2D eigenvalue weighted by molar-refractivity contribution is -0.137. The molecule has 0 bridgehead atoms. The smallest absolute Gasteiger partial charge is 0.304 e. The highest BCUT2D eigenvalue weighted by molar-refractivity contribution is 7.58. The van der Waals surface area contributed by atoms with Crippen molar-refractivity contribution in [3.63, 3.8) is 0 Å². The number of hydrogen-bond acceptors (Lipinski definition) is 2. The van der Waals surface area contributed by atoms with Gasteiger partial charge in [0.2, 0.25) is 7.37 Å². The highest BCUT2D eigenvalue weighted by Gasteiger charge is 2.26. The highest BCUT2D eigenvalue weighted by Crippen LogP contribution is 2.46. The highest BCUT2D eigenvalue weighted by atomic mass is 31.2. The molecule has 0 saturated heterocycles. The van der Waals surface area contributed by atoms with Crippen LogP contribution in [0.25, 0.3) is 0 Å². The number of aliphatic carboxylic acids is 1. The minimum atomic E-state index is -3.20. The molecule has 2 atom stereocenters. The molecule has 11 heavy (non-hydrogen) atoms. The van der Waals surface area contributed by atoms with Crippen LogP contribution < -0.4 is 0 Å². The van der Waals surface area contributed by atoms with Crippen molar-refractivity contribution < 1.29 is 19.4 Å². The fourth-order valence-electron chi connectivity index (χ4n) is 0.707. The molecule has 2 N–H and O–H groups in total. The SMILES string of the molecule is CCP(=O)(O)C(C)CC(=O)O. The maximum Gasteiger partial charge on any atom is 0.304 e. The van der Waals surface area contributed by atoms with E-state index < -0.39 is 19.0 Å². The van der Waals surface area contributed by atoms with Crippen molar-refractivity contribution >= 4 is 13.3 Å². The molecule has 0 aliphatic rings. The van der Waals surface area contributed by atoms with E-state index in [1.165, 1.54) is 6.92 Å². The number of carboxylic acid groups (broad SMARTS) is 1. The summed E-state index contributed by atoms with van der Waals surface area (Å²) in [5, 5.41) is 8.31. The summed E-state index contributed by atoms with van der Waals surface area (Å²) >= 11 is 0. The average molecular weight is 180 g/mol.